The maximum Gasteiger partial charge on any atom is 0.390 e. The Kier molecular flexibility index (Phi) is 5.04. The zero-order chi connectivity index (χ0) is 21.5. The molecule has 1 fully saturated rings. The second-order valence-corrected chi connectivity index (χ2v) is 7.19. The molecule has 0 spiro atoms. The molecule has 1 aromatic carbocycles. The summed E-state index contributed by atoms with van der Waals surface area (Å²) in [5, 5.41) is 3.89. The lowest BCUT2D eigenvalue weighted by Gasteiger charge is -2.14. The van der Waals surface area contributed by atoms with Crippen molar-refractivity contribution in [1.82, 2.24) is 19.4 Å². The number of aryl methyl sites for hydroxylation is 1. The standard InChI is InChI=1S/C19H17F4N5O2/c20-13-5-1-11(2-6-13)9-15(29)26-28-16(12-3-4-12)25-17-14(18(28)30)10-24-27(17)8-7-19(21,22)23/h1-2,5-6,10,12H,3-4,7-9H2,(H,26,29). The molecule has 1 aliphatic rings. The molecule has 0 aliphatic heterocycles. The lowest BCUT2D eigenvalue weighted by atomic mass is 10.1. The monoisotopic (exact) mass is 423 g/mol. The molecule has 4 rings (SSSR count). The molecule has 11 heteroatoms. The van der Waals surface area contributed by atoms with Gasteiger partial charge < -0.3 is 0 Å². The summed E-state index contributed by atoms with van der Waals surface area (Å²) in [4.78, 5) is 29.7. The largest absolute Gasteiger partial charge is 0.390 e. The number of hydrogen-bond acceptors (Lipinski definition) is 4. The van der Waals surface area contributed by atoms with Gasteiger partial charge in [0.1, 0.15) is 17.0 Å². The maximum absolute atomic E-state index is 13.0. The molecule has 1 saturated carbocycles. The molecule has 2 aromatic heterocycles. The van der Waals surface area contributed by atoms with Gasteiger partial charge in [0.25, 0.3) is 5.56 Å². The molecule has 30 heavy (non-hydrogen) atoms. The summed E-state index contributed by atoms with van der Waals surface area (Å²) in [5.74, 6) is -0.715. The van der Waals surface area contributed by atoms with Crippen LogP contribution < -0.4 is 11.0 Å². The van der Waals surface area contributed by atoms with E-state index in [4.69, 9.17) is 0 Å². The zero-order valence-electron chi connectivity index (χ0n) is 15.6. The fourth-order valence-corrected chi connectivity index (χ4v) is 3.10. The van der Waals surface area contributed by atoms with Crippen molar-refractivity contribution in [1.29, 1.82) is 0 Å². The average molecular weight is 423 g/mol. The Hall–Kier alpha value is -3.24. The molecular weight excluding hydrogens is 406 g/mol. The van der Waals surface area contributed by atoms with Crippen LogP contribution in [0.4, 0.5) is 17.6 Å². The number of benzene rings is 1. The van der Waals surface area contributed by atoms with Gasteiger partial charge in [0.2, 0.25) is 5.91 Å². The normalized spacial score (nSPS) is 14.3. The van der Waals surface area contributed by atoms with Crippen LogP contribution in [0.25, 0.3) is 11.0 Å². The SMILES string of the molecule is O=C(Cc1ccc(F)cc1)Nn1c(C2CC2)nc2c(cnn2CCC(F)(F)F)c1=O. The molecule has 158 valence electrons. The molecule has 0 atom stereocenters. The van der Waals surface area contributed by atoms with Crippen LogP contribution in [0.2, 0.25) is 0 Å². The molecule has 0 saturated heterocycles. The van der Waals surface area contributed by atoms with E-state index in [1.165, 1.54) is 24.3 Å². The quantitative estimate of drug-likeness (QED) is 0.619. The van der Waals surface area contributed by atoms with Gasteiger partial charge in [0.15, 0.2) is 5.65 Å². The van der Waals surface area contributed by atoms with Gasteiger partial charge in [-0.2, -0.15) is 18.3 Å². The molecule has 1 aliphatic carbocycles. The second-order valence-electron chi connectivity index (χ2n) is 7.19. The highest BCUT2D eigenvalue weighted by Gasteiger charge is 2.32. The van der Waals surface area contributed by atoms with Crippen molar-refractivity contribution in [3.05, 3.63) is 58.0 Å². The van der Waals surface area contributed by atoms with Crippen LogP contribution >= 0.6 is 0 Å². The van der Waals surface area contributed by atoms with Crippen LogP contribution in [0.15, 0.2) is 35.3 Å². The van der Waals surface area contributed by atoms with E-state index < -0.39 is 36.4 Å². The number of nitrogens with one attached hydrogen (secondary N) is 1. The lowest BCUT2D eigenvalue weighted by Crippen LogP contribution is -2.37. The Bertz CT molecular complexity index is 1150. The predicted octanol–water partition coefficient (Wildman–Crippen LogP) is 2.87. The summed E-state index contributed by atoms with van der Waals surface area (Å²) in [6, 6.07) is 5.39. The minimum atomic E-state index is -4.36. The third-order valence-electron chi connectivity index (χ3n) is 4.76. The minimum absolute atomic E-state index is 0.0173. The van der Waals surface area contributed by atoms with E-state index in [9.17, 15) is 27.2 Å². The summed E-state index contributed by atoms with van der Waals surface area (Å²) < 4.78 is 52.8. The van der Waals surface area contributed by atoms with Crippen LogP contribution in [0.1, 0.15) is 36.6 Å². The van der Waals surface area contributed by atoms with E-state index in [0.717, 1.165) is 28.4 Å². The van der Waals surface area contributed by atoms with Crippen molar-refractivity contribution in [2.45, 2.75) is 44.3 Å². The van der Waals surface area contributed by atoms with E-state index in [2.05, 4.69) is 15.5 Å². The van der Waals surface area contributed by atoms with Crippen LogP contribution in [0.5, 0.6) is 0 Å². The van der Waals surface area contributed by atoms with Crippen molar-refractivity contribution < 1.29 is 22.4 Å². The lowest BCUT2D eigenvalue weighted by molar-refractivity contribution is -0.137. The number of hydrogen-bond donors (Lipinski definition) is 1. The summed E-state index contributed by atoms with van der Waals surface area (Å²) in [6.45, 7) is -0.454. The number of carbonyl (C=O) groups excluding carboxylic acids is 1. The van der Waals surface area contributed by atoms with E-state index in [1.54, 1.807) is 0 Å². The summed E-state index contributed by atoms with van der Waals surface area (Å²) in [7, 11) is 0. The van der Waals surface area contributed by atoms with Gasteiger partial charge in [-0.05, 0) is 30.5 Å². The Morgan fingerprint density at radius 3 is 2.53 bits per heavy atom. The van der Waals surface area contributed by atoms with Gasteiger partial charge >= 0.3 is 6.18 Å². The third kappa shape index (κ3) is 4.34. The Labute approximate surface area is 167 Å². The maximum atomic E-state index is 13.0. The smallest absolute Gasteiger partial charge is 0.273 e. The van der Waals surface area contributed by atoms with E-state index in [-0.39, 0.29) is 29.2 Å². The van der Waals surface area contributed by atoms with E-state index >= 15 is 0 Å². The fourth-order valence-electron chi connectivity index (χ4n) is 3.10. The summed E-state index contributed by atoms with van der Waals surface area (Å²) in [6.07, 6.45) is -2.88. The highest BCUT2D eigenvalue weighted by molar-refractivity contribution is 5.86. The van der Waals surface area contributed by atoms with Crippen molar-refractivity contribution >= 4 is 16.9 Å². The first-order chi connectivity index (χ1) is 14.2. The van der Waals surface area contributed by atoms with Gasteiger partial charge in [0.05, 0.1) is 25.6 Å². The first-order valence-corrected chi connectivity index (χ1v) is 9.31. The molecule has 1 N–H and O–H groups in total. The molecule has 0 unspecified atom stereocenters. The molecule has 1 amide bonds. The minimum Gasteiger partial charge on any atom is -0.273 e. The van der Waals surface area contributed by atoms with Crippen molar-refractivity contribution in [3.8, 4) is 0 Å². The summed E-state index contributed by atoms with van der Waals surface area (Å²) >= 11 is 0. The molecule has 3 aromatic rings. The van der Waals surface area contributed by atoms with Crippen LogP contribution in [-0.4, -0.2) is 31.5 Å². The molecular formula is C19H17F4N5O2. The third-order valence-corrected chi connectivity index (χ3v) is 4.76. The first kappa shape index (κ1) is 20.0. The zero-order valence-corrected chi connectivity index (χ0v) is 15.6. The Morgan fingerprint density at radius 2 is 1.90 bits per heavy atom. The number of alkyl halides is 3. The van der Waals surface area contributed by atoms with Gasteiger partial charge in [-0.15, -0.1) is 0 Å². The number of carbonyl (C=O) groups is 1. The predicted molar refractivity (Wildman–Crippen MR) is 98.9 cm³/mol. The average Bonchev–Trinajstić information content (AvgIpc) is 3.43. The van der Waals surface area contributed by atoms with Crippen molar-refractivity contribution in [2.75, 3.05) is 5.43 Å². The van der Waals surface area contributed by atoms with E-state index in [0.29, 0.717) is 5.56 Å². The summed E-state index contributed by atoms with van der Waals surface area (Å²) in [5.41, 5.74) is 2.53. The van der Waals surface area contributed by atoms with Crippen LogP contribution in [-0.2, 0) is 17.8 Å². The number of rotatable bonds is 6. The molecule has 0 bridgehead atoms. The molecule has 7 nitrogen and oxygen atoms in total. The Balaban J connectivity index is 1.63. The van der Waals surface area contributed by atoms with Crippen molar-refractivity contribution in [3.63, 3.8) is 0 Å². The van der Waals surface area contributed by atoms with Gasteiger partial charge in [0, 0.05) is 5.92 Å². The Morgan fingerprint density at radius 1 is 1.20 bits per heavy atom. The highest BCUT2D eigenvalue weighted by Crippen LogP contribution is 2.38. The number of aromatic nitrogens is 4. The number of fused-ring (bicyclic) bond motifs is 1. The van der Waals surface area contributed by atoms with E-state index in [1.807, 2.05) is 0 Å². The van der Waals surface area contributed by atoms with Crippen LogP contribution in [0, 0.1) is 5.82 Å². The van der Waals surface area contributed by atoms with Crippen LogP contribution in [0.3, 0.4) is 0 Å². The fraction of sp³-hybridized carbons (Fsp3) is 0.368. The van der Waals surface area contributed by atoms with Crippen molar-refractivity contribution in [2.24, 2.45) is 0 Å². The number of halogens is 4. The van der Waals surface area contributed by atoms with Gasteiger partial charge in [-0.3, -0.25) is 15.0 Å². The molecule has 2 heterocycles. The number of nitrogens with zero attached hydrogens (tertiary/aromatic N) is 4. The van der Waals surface area contributed by atoms with Gasteiger partial charge in [-0.25, -0.2) is 18.7 Å². The topological polar surface area (TPSA) is 81.8 Å². The molecule has 0 radical (unpaired) electrons. The number of amides is 1. The highest BCUT2D eigenvalue weighted by atomic mass is 19.4. The van der Waals surface area contributed by atoms with Gasteiger partial charge in [-0.1, -0.05) is 12.1 Å². The first-order valence-electron chi connectivity index (χ1n) is 9.31. The second kappa shape index (κ2) is 7.54.